The van der Waals surface area contributed by atoms with Crippen molar-refractivity contribution in [3.63, 3.8) is 0 Å². The summed E-state index contributed by atoms with van der Waals surface area (Å²) in [6, 6.07) is 4.65. The van der Waals surface area contributed by atoms with E-state index in [2.05, 4.69) is 26.4 Å². The maximum absolute atomic E-state index is 13.1. The lowest BCUT2D eigenvalue weighted by molar-refractivity contribution is -0.136. The maximum atomic E-state index is 13.1. The molecule has 5 aliphatic rings. The summed E-state index contributed by atoms with van der Waals surface area (Å²) in [5.41, 5.74) is 4.06. The van der Waals surface area contributed by atoms with Crippen molar-refractivity contribution in [2.24, 2.45) is 5.92 Å². The summed E-state index contributed by atoms with van der Waals surface area (Å²) in [6.07, 6.45) is 11.1. The molecule has 4 fully saturated rings. The van der Waals surface area contributed by atoms with Crippen LogP contribution in [-0.2, 0) is 9.59 Å². The number of hydrogen-bond donors (Lipinski definition) is 2. The fourth-order valence-electron chi connectivity index (χ4n) is 6.54. The van der Waals surface area contributed by atoms with Gasteiger partial charge in [-0.25, -0.2) is 0 Å². The van der Waals surface area contributed by atoms with Crippen LogP contribution in [0.4, 0.5) is 11.4 Å². The van der Waals surface area contributed by atoms with Crippen LogP contribution in [0.25, 0.3) is 0 Å². The van der Waals surface area contributed by atoms with Gasteiger partial charge in [0.15, 0.2) is 0 Å². The third kappa shape index (κ3) is 4.39. The van der Waals surface area contributed by atoms with E-state index < -0.39 is 23.8 Å². The molecule has 1 aromatic carbocycles. The van der Waals surface area contributed by atoms with Crippen LogP contribution in [0.2, 0.25) is 0 Å². The quantitative estimate of drug-likeness (QED) is 0.528. The highest BCUT2D eigenvalue weighted by atomic mass is 16.2. The highest BCUT2D eigenvalue weighted by molar-refractivity contribution is 6.23. The number of piperidine rings is 2. The largest absolute Gasteiger partial charge is 0.385 e. The molecule has 10 heteroatoms. The van der Waals surface area contributed by atoms with Crippen LogP contribution >= 0.6 is 0 Å². The van der Waals surface area contributed by atoms with Gasteiger partial charge in [0.05, 0.1) is 28.6 Å². The minimum absolute atomic E-state index is 0.110. The van der Waals surface area contributed by atoms with E-state index >= 15 is 0 Å². The van der Waals surface area contributed by atoms with Crippen LogP contribution in [0.15, 0.2) is 24.4 Å². The molecule has 4 amide bonds. The molecule has 0 bridgehead atoms. The molecule has 2 N–H and O–H groups in total. The average molecular weight is 531 g/mol. The van der Waals surface area contributed by atoms with Crippen LogP contribution in [0.3, 0.4) is 0 Å². The molecule has 2 saturated heterocycles. The molecule has 1 unspecified atom stereocenters. The predicted molar refractivity (Wildman–Crippen MR) is 144 cm³/mol. The summed E-state index contributed by atoms with van der Waals surface area (Å²) in [5.74, 6) is -0.786. The summed E-state index contributed by atoms with van der Waals surface area (Å²) < 4.78 is 2.22. The van der Waals surface area contributed by atoms with Gasteiger partial charge in [0.25, 0.3) is 11.8 Å². The van der Waals surface area contributed by atoms with Crippen molar-refractivity contribution < 1.29 is 19.2 Å². The highest BCUT2D eigenvalue weighted by Crippen LogP contribution is 2.46. The Labute approximate surface area is 227 Å². The van der Waals surface area contributed by atoms with Crippen LogP contribution in [0.1, 0.15) is 96.2 Å². The maximum Gasteiger partial charge on any atom is 0.262 e. The Morgan fingerprint density at radius 1 is 0.949 bits per heavy atom. The van der Waals surface area contributed by atoms with Gasteiger partial charge in [0.2, 0.25) is 11.8 Å². The first kappa shape index (κ1) is 24.4. The summed E-state index contributed by atoms with van der Waals surface area (Å²) in [6.45, 7) is 3.07. The number of nitrogens with one attached hydrogen (secondary N) is 2. The Balaban J connectivity index is 0.970. The van der Waals surface area contributed by atoms with Crippen molar-refractivity contribution in [2.45, 2.75) is 75.8 Å². The van der Waals surface area contributed by atoms with Gasteiger partial charge in [-0.15, -0.1) is 0 Å². The Morgan fingerprint density at radius 2 is 1.72 bits per heavy atom. The van der Waals surface area contributed by atoms with E-state index in [9.17, 15) is 19.2 Å². The molecule has 2 aromatic rings. The monoisotopic (exact) mass is 530 g/mol. The zero-order chi connectivity index (χ0) is 26.7. The van der Waals surface area contributed by atoms with Crippen molar-refractivity contribution in [3.8, 4) is 0 Å². The lowest BCUT2D eigenvalue weighted by Crippen LogP contribution is -2.54. The minimum atomic E-state index is -0.948. The molecular weight excluding hydrogens is 496 g/mol. The molecule has 204 valence electrons. The van der Waals surface area contributed by atoms with Gasteiger partial charge >= 0.3 is 0 Å². The van der Waals surface area contributed by atoms with Crippen LogP contribution in [-0.4, -0.2) is 64.0 Å². The zero-order valence-corrected chi connectivity index (χ0v) is 22.0. The van der Waals surface area contributed by atoms with Crippen molar-refractivity contribution in [1.82, 2.24) is 20.0 Å². The number of carbonyl (C=O) groups excluding carboxylic acids is 4. The van der Waals surface area contributed by atoms with E-state index in [1.54, 1.807) is 12.1 Å². The first-order valence-electron chi connectivity index (χ1n) is 14.4. The summed E-state index contributed by atoms with van der Waals surface area (Å²) in [4.78, 5) is 53.3. The number of carbonyl (C=O) groups is 4. The van der Waals surface area contributed by atoms with E-state index in [-0.39, 0.29) is 18.7 Å². The first-order chi connectivity index (χ1) is 19.0. The second kappa shape index (κ2) is 9.50. The second-order valence-electron chi connectivity index (χ2n) is 11.8. The van der Waals surface area contributed by atoms with Gasteiger partial charge in [0.1, 0.15) is 6.04 Å². The Hall–Kier alpha value is -3.69. The van der Waals surface area contributed by atoms with Gasteiger partial charge in [-0.2, -0.15) is 5.10 Å². The molecular formula is C29H34N6O4. The number of nitrogens with zero attached hydrogens (tertiary/aromatic N) is 4. The zero-order valence-electron chi connectivity index (χ0n) is 22.0. The average Bonchev–Trinajstić information content (AvgIpc) is 3.62. The second-order valence-corrected chi connectivity index (χ2v) is 11.8. The van der Waals surface area contributed by atoms with Crippen LogP contribution < -0.4 is 15.5 Å². The molecule has 2 aliphatic carbocycles. The molecule has 3 aliphatic heterocycles. The third-order valence-corrected chi connectivity index (χ3v) is 9.02. The van der Waals surface area contributed by atoms with Crippen molar-refractivity contribution in [2.75, 3.05) is 29.9 Å². The minimum Gasteiger partial charge on any atom is -0.385 e. The first-order valence-corrected chi connectivity index (χ1v) is 14.4. The molecule has 10 nitrogen and oxygen atoms in total. The summed E-state index contributed by atoms with van der Waals surface area (Å²) >= 11 is 0. The number of hydrogen-bond acceptors (Lipinski definition) is 7. The Kier molecular flexibility index (Phi) is 5.93. The number of amides is 4. The SMILES string of the molecule is O=C1CCC(N2C(=O)c3ccc(NC[C@H]4C[C@H](n5cc(N6CCCCC6)c(C6CC6)n5)C4)cc3C2=O)C(=O)N1. The molecule has 39 heavy (non-hydrogen) atoms. The molecule has 0 radical (unpaired) electrons. The Morgan fingerprint density at radius 3 is 2.46 bits per heavy atom. The molecule has 7 rings (SSSR count). The summed E-state index contributed by atoms with van der Waals surface area (Å²) in [7, 11) is 0. The lowest BCUT2D eigenvalue weighted by atomic mass is 9.80. The van der Waals surface area contributed by atoms with Crippen molar-refractivity contribution >= 4 is 35.0 Å². The van der Waals surface area contributed by atoms with Crippen LogP contribution in [0.5, 0.6) is 0 Å². The molecule has 4 heterocycles. The molecule has 1 aromatic heterocycles. The van der Waals surface area contributed by atoms with Gasteiger partial charge in [0, 0.05) is 43.9 Å². The lowest BCUT2D eigenvalue weighted by Gasteiger charge is -2.36. The predicted octanol–water partition coefficient (Wildman–Crippen LogP) is 3.22. The Bertz CT molecular complexity index is 1350. The fourth-order valence-corrected chi connectivity index (χ4v) is 6.54. The van der Waals surface area contributed by atoms with Crippen molar-refractivity contribution in [1.29, 1.82) is 0 Å². The number of rotatable bonds is 7. The topological polar surface area (TPSA) is 117 Å². The molecule has 1 atom stereocenters. The fraction of sp³-hybridized carbons (Fsp3) is 0.552. The number of fused-ring (bicyclic) bond motifs is 1. The smallest absolute Gasteiger partial charge is 0.262 e. The van der Waals surface area contributed by atoms with Gasteiger partial charge < -0.3 is 10.2 Å². The number of benzene rings is 1. The number of anilines is 2. The third-order valence-electron chi connectivity index (χ3n) is 9.02. The van der Waals surface area contributed by atoms with Crippen molar-refractivity contribution in [3.05, 3.63) is 41.2 Å². The highest BCUT2D eigenvalue weighted by Gasteiger charge is 2.44. The summed E-state index contributed by atoms with van der Waals surface area (Å²) in [5, 5.41) is 10.7. The van der Waals surface area contributed by atoms with E-state index in [4.69, 9.17) is 5.10 Å². The van der Waals surface area contributed by atoms with Gasteiger partial charge in [-0.3, -0.25) is 34.1 Å². The molecule has 0 spiro atoms. The normalized spacial score (nSPS) is 26.9. The van der Waals surface area contributed by atoms with E-state index in [0.29, 0.717) is 29.0 Å². The number of aromatic nitrogens is 2. The van der Waals surface area contributed by atoms with E-state index in [1.807, 2.05) is 6.07 Å². The van der Waals surface area contributed by atoms with Gasteiger partial charge in [-0.05, 0) is 75.5 Å². The molecule has 2 saturated carbocycles. The van der Waals surface area contributed by atoms with E-state index in [1.165, 1.54) is 43.5 Å². The van der Waals surface area contributed by atoms with Gasteiger partial charge in [-0.1, -0.05) is 0 Å². The standard InChI is InChI=1S/C29H34N6O4/c36-25-9-8-23(27(37)31-25)35-28(38)21-7-6-19(14-22(21)29(35)39)30-15-17-12-20(13-17)34-16-24(26(32-34)18-4-5-18)33-10-2-1-3-11-33/h6-7,14,16-18,20,23,30H,1-5,8-13,15H2,(H,31,36,37)/t17-,20-,23?. The number of imide groups is 2. The van der Waals surface area contributed by atoms with E-state index in [0.717, 1.165) is 43.1 Å². The van der Waals surface area contributed by atoms with Crippen LogP contribution in [0, 0.1) is 5.92 Å².